The number of rotatable bonds is 9. The molecule has 2 aromatic rings. The summed E-state index contributed by atoms with van der Waals surface area (Å²) >= 11 is 1.60. The SMILES string of the molecule is COc1ccc(C(=O)N(CC2CC2)CC2CN(C(=O)Cc3cccs3)CCO2)cc1OC. The minimum atomic E-state index is -0.195. The van der Waals surface area contributed by atoms with Gasteiger partial charge >= 0.3 is 0 Å². The Morgan fingerprint density at radius 1 is 1.16 bits per heavy atom. The van der Waals surface area contributed by atoms with Crippen LogP contribution in [-0.2, 0) is 16.0 Å². The molecule has 0 bridgehead atoms. The van der Waals surface area contributed by atoms with Crippen LogP contribution < -0.4 is 9.47 Å². The van der Waals surface area contributed by atoms with Crippen molar-refractivity contribution >= 4 is 23.2 Å². The second-order valence-corrected chi connectivity index (χ2v) is 9.34. The zero-order chi connectivity index (χ0) is 22.5. The number of nitrogens with zero attached hydrogens (tertiary/aromatic N) is 2. The summed E-state index contributed by atoms with van der Waals surface area (Å²) in [5.41, 5.74) is 0.560. The van der Waals surface area contributed by atoms with Crippen LogP contribution >= 0.6 is 11.3 Å². The highest BCUT2D eigenvalue weighted by atomic mass is 32.1. The normalized spacial score (nSPS) is 18.3. The van der Waals surface area contributed by atoms with Gasteiger partial charge in [-0.15, -0.1) is 11.3 Å². The average molecular weight is 459 g/mol. The predicted molar refractivity (Wildman–Crippen MR) is 123 cm³/mol. The summed E-state index contributed by atoms with van der Waals surface area (Å²) in [6, 6.07) is 9.19. The highest BCUT2D eigenvalue weighted by molar-refractivity contribution is 7.10. The molecule has 2 amide bonds. The first-order valence-electron chi connectivity index (χ1n) is 11.0. The van der Waals surface area contributed by atoms with Gasteiger partial charge in [0.2, 0.25) is 5.91 Å². The third-order valence-electron chi connectivity index (χ3n) is 5.91. The lowest BCUT2D eigenvalue weighted by Gasteiger charge is -2.36. The van der Waals surface area contributed by atoms with Crippen molar-refractivity contribution in [1.29, 1.82) is 0 Å². The van der Waals surface area contributed by atoms with E-state index >= 15 is 0 Å². The highest BCUT2D eigenvalue weighted by Gasteiger charge is 2.32. The average Bonchev–Trinajstić information content (AvgIpc) is 3.50. The maximum atomic E-state index is 13.4. The van der Waals surface area contributed by atoms with E-state index in [1.54, 1.807) is 43.8 Å². The smallest absolute Gasteiger partial charge is 0.254 e. The van der Waals surface area contributed by atoms with Gasteiger partial charge in [-0.25, -0.2) is 0 Å². The molecule has 0 N–H and O–H groups in total. The Balaban J connectivity index is 1.43. The maximum Gasteiger partial charge on any atom is 0.254 e. The van der Waals surface area contributed by atoms with E-state index in [2.05, 4.69) is 0 Å². The number of hydrogen-bond donors (Lipinski definition) is 0. The van der Waals surface area contributed by atoms with E-state index < -0.39 is 0 Å². The van der Waals surface area contributed by atoms with Crippen LogP contribution in [0.3, 0.4) is 0 Å². The van der Waals surface area contributed by atoms with Gasteiger partial charge in [0.1, 0.15) is 0 Å². The van der Waals surface area contributed by atoms with E-state index in [0.717, 1.165) is 17.7 Å². The van der Waals surface area contributed by atoms with Crippen molar-refractivity contribution in [2.75, 3.05) is 47.0 Å². The molecule has 1 unspecified atom stereocenters. The van der Waals surface area contributed by atoms with Gasteiger partial charge in [-0.05, 0) is 48.4 Å². The Bertz CT molecular complexity index is 928. The van der Waals surface area contributed by atoms with Gasteiger partial charge in [0.25, 0.3) is 5.91 Å². The van der Waals surface area contributed by atoms with Crippen LogP contribution in [0.15, 0.2) is 35.7 Å². The summed E-state index contributed by atoms with van der Waals surface area (Å²) in [5.74, 6) is 1.72. The van der Waals surface area contributed by atoms with Crippen LogP contribution in [0.25, 0.3) is 0 Å². The summed E-state index contributed by atoms with van der Waals surface area (Å²) in [6.45, 7) is 2.75. The van der Waals surface area contributed by atoms with Gasteiger partial charge in [0.15, 0.2) is 11.5 Å². The Kier molecular flexibility index (Phi) is 7.32. The number of thiophene rings is 1. The molecular weight excluding hydrogens is 428 g/mol. The Morgan fingerprint density at radius 2 is 1.97 bits per heavy atom. The van der Waals surface area contributed by atoms with Crippen molar-refractivity contribution < 1.29 is 23.8 Å². The van der Waals surface area contributed by atoms with Gasteiger partial charge in [-0.3, -0.25) is 9.59 Å². The quantitative estimate of drug-likeness (QED) is 0.578. The highest BCUT2D eigenvalue weighted by Crippen LogP contribution is 2.32. The fraction of sp³-hybridized carbons (Fsp3) is 0.500. The Morgan fingerprint density at radius 3 is 2.66 bits per heavy atom. The second-order valence-electron chi connectivity index (χ2n) is 8.31. The zero-order valence-electron chi connectivity index (χ0n) is 18.6. The van der Waals surface area contributed by atoms with Gasteiger partial charge in [0, 0.05) is 36.6 Å². The van der Waals surface area contributed by atoms with Crippen LogP contribution in [-0.4, -0.2) is 74.7 Å². The zero-order valence-corrected chi connectivity index (χ0v) is 19.4. The lowest BCUT2D eigenvalue weighted by atomic mass is 10.1. The van der Waals surface area contributed by atoms with Gasteiger partial charge < -0.3 is 24.0 Å². The third kappa shape index (κ3) is 5.61. The summed E-state index contributed by atoms with van der Waals surface area (Å²) in [6.07, 6.45) is 2.51. The van der Waals surface area contributed by atoms with E-state index in [9.17, 15) is 9.59 Å². The number of morpholine rings is 1. The van der Waals surface area contributed by atoms with Crippen LogP contribution in [0.5, 0.6) is 11.5 Å². The molecule has 1 aliphatic carbocycles. The molecule has 1 atom stereocenters. The van der Waals surface area contributed by atoms with Crippen molar-refractivity contribution in [2.24, 2.45) is 5.92 Å². The fourth-order valence-corrected chi connectivity index (χ4v) is 4.68. The molecule has 2 heterocycles. The van der Waals surface area contributed by atoms with E-state index in [1.165, 1.54) is 0 Å². The van der Waals surface area contributed by atoms with Crippen molar-refractivity contribution in [1.82, 2.24) is 9.80 Å². The first-order valence-corrected chi connectivity index (χ1v) is 11.9. The molecule has 2 aliphatic rings. The standard InChI is InChI=1S/C24H30N2O5S/c1-29-21-8-7-18(12-22(21)30-2)24(28)26(14-17-5-6-17)16-19-15-25(9-10-31-19)23(27)13-20-4-3-11-32-20/h3-4,7-8,11-12,17,19H,5-6,9-10,13-16H2,1-2H3. The number of methoxy groups -OCH3 is 2. The maximum absolute atomic E-state index is 13.4. The predicted octanol–water partition coefficient (Wildman–Crippen LogP) is 3.09. The van der Waals surface area contributed by atoms with Crippen LogP contribution in [0.4, 0.5) is 0 Å². The van der Waals surface area contributed by atoms with Crippen LogP contribution in [0.1, 0.15) is 28.1 Å². The van der Waals surface area contributed by atoms with Crippen LogP contribution in [0, 0.1) is 5.92 Å². The van der Waals surface area contributed by atoms with E-state index in [-0.39, 0.29) is 17.9 Å². The monoisotopic (exact) mass is 458 g/mol. The van der Waals surface area contributed by atoms with Crippen LogP contribution in [0.2, 0.25) is 0 Å². The second kappa shape index (κ2) is 10.4. The summed E-state index contributed by atoms with van der Waals surface area (Å²) < 4.78 is 16.6. The number of carbonyl (C=O) groups is 2. The lowest BCUT2D eigenvalue weighted by molar-refractivity contribution is -0.138. The minimum Gasteiger partial charge on any atom is -0.493 e. The van der Waals surface area contributed by atoms with Gasteiger partial charge in [0.05, 0.1) is 33.4 Å². The molecule has 0 spiro atoms. The molecule has 4 rings (SSSR count). The fourth-order valence-electron chi connectivity index (χ4n) is 3.98. The van der Waals surface area contributed by atoms with E-state index in [0.29, 0.717) is 62.2 Å². The van der Waals surface area contributed by atoms with E-state index in [4.69, 9.17) is 14.2 Å². The number of hydrogen-bond acceptors (Lipinski definition) is 6. The number of benzene rings is 1. The first kappa shape index (κ1) is 22.6. The molecule has 1 saturated heterocycles. The largest absolute Gasteiger partial charge is 0.493 e. The van der Waals surface area contributed by atoms with Gasteiger partial charge in [-0.1, -0.05) is 6.07 Å². The van der Waals surface area contributed by atoms with E-state index in [1.807, 2.05) is 27.3 Å². The molecule has 1 aromatic carbocycles. The summed E-state index contributed by atoms with van der Waals surface area (Å²) in [5, 5.41) is 1.99. The Labute approximate surface area is 192 Å². The Hall–Kier alpha value is -2.58. The summed E-state index contributed by atoms with van der Waals surface area (Å²) in [4.78, 5) is 30.9. The van der Waals surface area contributed by atoms with Crippen molar-refractivity contribution in [2.45, 2.75) is 25.4 Å². The minimum absolute atomic E-state index is 0.0523. The first-order chi connectivity index (χ1) is 15.6. The molecule has 1 saturated carbocycles. The number of ether oxygens (including phenoxy) is 3. The molecule has 0 radical (unpaired) electrons. The molecule has 8 heteroatoms. The molecule has 1 aliphatic heterocycles. The molecular formula is C24H30N2O5S. The van der Waals surface area contributed by atoms with Gasteiger partial charge in [-0.2, -0.15) is 0 Å². The summed E-state index contributed by atoms with van der Waals surface area (Å²) in [7, 11) is 3.14. The lowest BCUT2D eigenvalue weighted by Crippen LogP contribution is -2.51. The molecule has 32 heavy (non-hydrogen) atoms. The molecule has 172 valence electrons. The molecule has 2 fully saturated rings. The topological polar surface area (TPSA) is 68.3 Å². The van der Waals surface area contributed by atoms with Crippen molar-refractivity contribution in [3.63, 3.8) is 0 Å². The number of amides is 2. The molecule has 7 nitrogen and oxygen atoms in total. The number of carbonyl (C=O) groups excluding carboxylic acids is 2. The van der Waals surface area contributed by atoms with Crippen molar-refractivity contribution in [3.8, 4) is 11.5 Å². The third-order valence-corrected chi connectivity index (χ3v) is 6.79. The molecule has 1 aromatic heterocycles. The van der Waals surface area contributed by atoms with Crippen molar-refractivity contribution in [3.05, 3.63) is 46.2 Å².